The van der Waals surface area contributed by atoms with E-state index in [0.29, 0.717) is 12.1 Å². The lowest BCUT2D eigenvalue weighted by Crippen LogP contribution is -2.18. The van der Waals surface area contributed by atoms with Gasteiger partial charge in [-0.15, -0.1) is 0 Å². The van der Waals surface area contributed by atoms with E-state index in [4.69, 9.17) is 15.9 Å². The van der Waals surface area contributed by atoms with Crippen molar-refractivity contribution in [1.29, 1.82) is 5.41 Å². The summed E-state index contributed by atoms with van der Waals surface area (Å²) in [7, 11) is 3.51. The fraction of sp³-hybridized carbons (Fsp3) is 0.188. The zero-order valence-electron chi connectivity index (χ0n) is 12.1. The van der Waals surface area contributed by atoms with E-state index in [9.17, 15) is 4.39 Å². The Balaban J connectivity index is 2.27. The Labute approximate surface area is 123 Å². The molecule has 0 aromatic heterocycles. The number of ether oxygens (including phenoxy) is 1. The van der Waals surface area contributed by atoms with Gasteiger partial charge >= 0.3 is 0 Å². The number of rotatable bonds is 5. The average Bonchev–Trinajstić information content (AvgIpc) is 2.46. The van der Waals surface area contributed by atoms with Crippen LogP contribution in [-0.4, -0.2) is 20.0 Å². The number of amidine groups is 1. The van der Waals surface area contributed by atoms with Gasteiger partial charge in [0.1, 0.15) is 17.4 Å². The Morgan fingerprint density at radius 1 is 1.29 bits per heavy atom. The molecule has 2 aromatic rings. The lowest BCUT2D eigenvalue weighted by Gasteiger charge is -2.22. The number of nitrogen functional groups attached to an aromatic ring is 1. The van der Waals surface area contributed by atoms with Crippen LogP contribution in [-0.2, 0) is 6.54 Å². The zero-order valence-corrected chi connectivity index (χ0v) is 12.1. The van der Waals surface area contributed by atoms with Crippen LogP contribution in [0.1, 0.15) is 11.1 Å². The molecule has 3 N–H and O–H groups in total. The topological polar surface area (TPSA) is 62.3 Å². The number of anilines is 1. The van der Waals surface area contributed by atoms with Gasteiger partial charge < -0.3 is 15.4 Å². The molecule has 5 heteroatoms. The fourth-order valence-electron chi connectivity index (χ4n) is 2.20. The third kappa shape index (κ3) is 3.51. The number of nitrogens with two attached hydrogens (primary N) is 1. The molecule has 0 saturated heterocycles. The van der Waals surface area contributed by atoms with E-state index in [1.54, 1.807) is 13.2 Å². The summed E-state index contributed by atoms with van der Waals surface area (Å²) in [6, 6.07) is 12.0. The van der Waals surface area contributed by atoms with Crippen LogP contribution in [0.2, 0.25) is 0 Å². The minimum atomic E-state index is -0.397. The van der Waals surface area contributed by atoms with Crippen LogP contribution in [0, 0.1) is 11.2 Å². The lowest BCUT2D eigenvalue weighted by molar-refractivity contribution is 0.415. The summed E-state index contributed by atoms with van der Waals surface area (Å²) in [5.41, 5.74) is 7.46. The first-order valence-corrected chi connectivity index (χ1v) is 6.49. The molecule has 0 amide bonds. The first kappa shape index (κ1) is 14.8. The Hall–Kier alpha value is -2.56. The zero-order chi connectivity index (χ0) is 15.4. The van der Waals surface area contributed by atoms with E-state index in [-0.39, 0.29) is 5.84 Å². The SMILES string of the molecule is COc1ccccc1N(C)Cc1cc(F)cc(C(=N)N)c1. The number of hydrogen-bond acceptors (Lipinski definition) is 3. The number of benzene rings is 2. The number of halogens is 1. The van der Waals surface area contributed by atoms with Gasteiger partial charge in [0.15, 0.2) is 0 Å². The van der Waals surface area contributed by atoms with Crippen molar-refractivity contribution in [3.05, 3.63) is 59.4 Å². The number of nitrogens with one attached hydrogen (secondary N) is 1. The predicted molar refractivity (Wildman–Crippen MR) is 82.5 cm³/mol. The van der Waals surface area contributed by atoms with Gasteiger partial charge in [0, 0.05) is 19.2 Å². The highest BCUT2D eigenvalue weighted by molar-refractivity contribution is 5.95. The van der Waals surface area contributed by atoms with Gasteiger partial charge in [-0.05, 0) is 35.9 Å². The first-order valence-electron chi connectivity index (χ1n) is 6.49. The highest BCUT2D eigenvalue weighted by atomic mass is 19.1. The summed E-state index contributed by atoms with van der Waals surface area (Å²) < 4.78 is 18.9. The molecule has 0 bridgehead atoms. The molecule has 0 aliphatic heterocycles. The van der Waals surface area contributed by atoms with Crippen LogP contribution < -0.4 is 15.4 Å². The van der Waals surface area contributed by atoms with Crippen LogP contribution in [0.15, 0.2) is 42.5 Å². The summed E-state index contributed by atoms with van der Waals surface area (Å²) in [5, 5.41) is 7.42. The predicted octanol–water partition coefficient (Wildman–Crippen LogP) is 2.75. The molecule has 0 unspecified atom stereocenters. The van der Waals surface area contributed by atoms with Gasteiger partial charge in [0.05, 0.1) is 12.8 Å². The van der Waals surface area contributed by atoms with Gasteiger partial charge in [0.25, 0.3) is 0 Å². The molecule has 0 heterocycles. The van der Waals surface area contributed by atoms with Crippen molar-refractivity contribution >= 4 is 11.5 Å². The van der Waals surface area contributed by atoms with Gasteiger partial charge in [0.2, 0.25) is 0 Å². The summed E-state index contributed by atoms with van der Waals surface area (Å²) in [4.78, 5) is 1.96. The largest absolute Gasteiger partial charge is 0.495 e. The van der Waals surface area contributed by atoms with Crippen LogP contribution in [0.3, 0.4) is 0 Å². The van der Waals surface area contributed by atoms with Crippen molar-refractivity contribution in [2.75, 3.05) is 19.1 Å². The highest BCUT2D eigenvalue weighted by Crippen LogP contribution is 2.27. The number of hydrogen-bond donors (Lipinski definition) is 2. The monoisotopic (exact) mass is 287 g/mol. The van der Waals surface area contributed by atoms with Gasteiger partial charge in [-0.2, -0.15) is 0 Å². The second-order valence-electron chi connectivity index (χ2n) is 4.79. The second kappa shape index (κ2) is 6.26. The van der Waals surface area contributed by atoms with Crippen LogP contribution in [0.5, 0.6) is 5.75 Å². The van der Waals surface area contributed by atoms with E-state index < -0.39 is 5.82 Å². The maximum Gasteiger partial charge on any atom is 0.142 e. The van der Waals surface area contributed by atoms with Crippen LogP contribution >= 0.6 is 0 Å². The van der Waals surface area contributed by atoms with Crippen molar-refractivity contribution in [2.45, 2.75) is 6.54 Å². The normalized spacial score (nSPS) is 10.2. The molecule has 0 saturated carbocycles. The van der Waals surface area contributed by atoms with Crippen LogP contribution in [0.4, 0.5) is 10.1 Å². The molecule has 4 nitrogen and oxygen atoms in total. The fourth-order valence-corrected chi connectivity index (χ4v) is 2.20. The first-order chi connectivity index (χ1) is 10.0. The molecule has 0 atom stereocenters. The molecule has 0 radical (unpaired) electrons. The van der Waals surface area contributed by atoms with E-state index in [0.717, 1.165) is 17.0 Å². The standard InChI is InChI=1S/C16H18FN3O/c1-20(14-5-3-4-6-15(14)21-2)10-11-7-12(16(18)19)9-13(17)8-11/h3-9H,10H2,1-2H3,(H3,18,19). The Kier molecular flexibility index (Phi) is 4.42. The smallest absolute Gasteiger partial charge is 0.142 e. The minimum absolute atomic E-state index is 0.143. The van der Waals surface area contributed by atoms with Gasteiger partial charge in [-0.25, -0.2) is 4.39 Å². The Morgan fingerprint density at radius 2 is 2.00 bits per heavy atom. The van der Waals surface area contributed by atoms with Crippen molar-refractivity contribution < 1.29 is 9.13 Å². The molecule has 0 aliphatic carbocycles. The average molecular weight is 287 g/mol. The molecular weight excluding hydrogens is 269 g/mol. The quantitative estimate of drug-likeness (QED) is 0.656. The molecule has 0 spiro atoms. The van der Waals surface area contributed by atoms with Crippen molar-refractivity contribution in [1.82, 2.24) is 0 Å². The van der Waals surface area contributed by atoms with E-state index in [1.165, 1.54) is 12.1 Å². The number of methoxy groups -OCH3 is 1. The van der Waals surface area contributed by atoms with E-state index >= 15 is 0 Å². The molecule has 2 rings (SSSR count). The van der Waals surface area contributed by atoms with E-state index in [1.807, 2.05) is 36.2 Å². The minimum Gasteiger partial charge on any atom is -0.495 e. The Morgan fingerprint density at radius 3 is 2.67 bits per heavy atom. The summed E-state index contributed by atoms with van der Waals surface area (Å²) >= 11 is 0. The summed E-state index contributed by atoms with van der Waals surface area (Å²) in [6.45, 7) is 0.485. The molecule has 21 heavy (non-hydrogen) atoms. The molecule has 110 valence electrons. The molecule has 2 aromatic carbocycles. The Bertz CT molecular complexity index is 658. The highest BCUT2D eigenvalue weighted by Gasteiger charge is 2.10. The van der Waals surface area contributed by atoms with Gasteiger partial charge in [-0.1, -0.05) is 12.1 Å². The molecular formula is C16H18FN3O. The maximum atomic E-state index is 13.6. The van der Waals surface area contributed by atoms with Crippen molar-refractivity contribution in [3.8, 4) is 5.75 Å². The van der Waals surface area contributed by atoms with Gasteiger partial charge in [-0.3, -0.25) is 5.41 Å². The maximum absolute atomic E-state index is 13.6. The molecule has 0 aliphatic rings. The number of nitrogens with zero attached hydrogens (tertiary/aromatic N) is 1. The third-order valence-electron chi connectivity index (χ3n) is 3.18. The third-order valence-corrected chi connectivity index (χ3v) is 3.18. The molecule has 0 fully saturated rings. The number of para-hydroxylation sites is 2. The second-order valence-corrected chi connectivity index (χ2v) is 4.79. The lowest BCUT2D eigenvalue weighted by atomic mass is 10.1. The van der Waals surface area contributed by atoms with Crippen molar-refractivity contribution in [3.63, 3.8) is 0 Å². The van der Waals surface area contributed by atoms with E-state index in [2.05, 4.69) is 0 Å². The van der Waals surface area contributed by atoms with Crippen LogP contribution in [0.25, 0.3) is 0 Å². The summed E-state index contributed by atoms with van der Waals surface area (Å²) in [5.74, 6) is 0.213. The summed E-state index contributed by atoms with van der Waals surface area (Å²) in [6.07, 6.45) is 0. The van der Waals surface area contributed by atoms with Crippen molar-refractivity contribution in [2.24, 2.45) is 5.73 Å².